The van der Waals surface area contributed by atoms with E-state index in [1.54, 1.807) is 36.4 Å². The predicted molar refractivity (Wildman–Crippen MR) is 167 cm³/mol. The molecule has 1 fully saturated rings. The molecule has 7 nitrogen and oxygen atoms in total. The molecule has 0 spiro atoms. The SMILES string of the molecule is C[C@H]1CC[C@H]2[C@H](C1)c1c(c3ccccc3c3nc4cc(C(=O)c5ccc(NS(C)(=O)=O)cc5)ccc4nc13)OC2(C)C. The monoisotopic (exact) mass is 579 g/mol. The number of aromatic nitrogens is 2. The van der Waals surface area contributed by atoms with Crippen LogP contribution >= 0.6 is 0 Å². The Bertz CT molecular complexity index is 2020. The maximum absolute atomic E-state index is 13.4. The number of hydrogen-bond donors (Lipinski definition) is 1. The van der Waals surface area contributed by atoms with Gasteiger partial charge in [-0.05, 0) is 81.0 Å². The van der Waals surface area contributed by atoms with Crippen molar-refractivity contribution in [3.05, 3.63) is 83.4 Å². The minimum atomic E-state index is -3.40. The molecule has 8 heteroatoms. The molecule has 0 radical (unpaired) electrons. The third-order valence-corrected chi connectivity index (χ3v) is 9.65. The third kappa shape index (κ3) is 4.49. The number of anilines is 1. The van der Waals surface area contributed by atoms with Crippen LogP contribution in [0.3, 0.4) is 0 Å². The van der Waals surface area contributed by atoms with Gasteiger partial charge in [-0.15, -0.1) is 0 Å². The van der Waals surface area contributed by atoms with Gasteiger partial charge in [0.25, 0.3) is 0 Å². The molecule has 0 unspecified atom stereocenters. The average molecular weight is 580 g/mol. The minimum absolute atomic E-state index is 0.172. The van der Waals surface area contributed by atoms with Crippen molar-refractivity contribution in [3.63, 3.8) is 0 Å². The second-order valence-electron chi connectivity index (χ2n) is 12.5. The van der Waals surface area contributed by atoms with Gasteiger partial charge in [0.2, 0.25) is 10.0 Å². The number of ketones is 1. The third-order valence-electron chi connectivity index (χ3n) is 9.04. The van der Waals surface area contributed by atoms with Crippen molar-refractivity contribution in [1.29, 1.82) is 0 Å². The van der Waals surface area contributed by atoms with Crippen LogP contribution in [0, 0.1) is 11.8 Å². The quantitative estimate of drug-likeness (QED) is 0.137. The van der Waals surface area contributed by atoms with E-state index in [0.29, 0.717) is 40.1 Å². The first-order valence-corrected chi connectivity index (χ1v) is 16.4. The second-order valence-corrected chi connectivity index (χ2v) is 14.3. The van der Waals surface area contributed by atoms with E-state index in [1.165, 1.54) is 12.0 Å². The molecule has 42 heavy (non-hydrogen) atoms. The van der Waals surface area contributed by atoms with Crippen LogP contribution in [0.25, 0.3) is 32.8 Å². The molecule has 0 bridgehead atoms. The van der Waals surface area contributed by atoms with E-state index in [9.17, 15) is 13.2 Å². The van der Waals surface area contributed by atoms with Crippen LogP contribution in [0.2, 0.25) is 0 Å². The van der Waals surface area contributed by atoms with Crippen molar-refractivity contribution in [3.8, 4) is 5.75 Å². The van der Waals surface area contributed by atoms with Gasteiger partial charge in [-0.1, -0.05) is 37.6 Å². The summed E-state index contributed by atoms with van der Waals surface area (Å²) in [6.07, 6.45) is 4.53. The lowest BCUT2D eigenvalue weighted by atomic mass is 9.64. The summed E-state index contributed by atoms with van der Waals surface area (Å²) < 4.78 is 32.3. The van der Waals surface area contributed by atoms with Crippen LogP contribution in [0.4, 0.5) is 5.69 Å². The summed E-state index contributed by atoms with van der Waals surface area (Å²) in [5.74, 6) is 2.14. The number of sulfonamides is 1. The normalized spacial score (nSPS) is 21.5. The van der Waals surface area contributed by atoms with Gasteiger partial charge in [0.15, 0.2) is 5.78 Å². The Morgan fingerprint density at radius 3 is 2.33 bits per heavy atom. The molecule has 1 aliphatic heterocycles. The summed E-state index contributed by atoms with van der Waals surface area (Å²) in [5.41, 5.74) is 5.37. The number of ether oxygens (including phenoxy) is 1. The first kappa shape index (κ1) is 26.8. The first-order chi connectivity index (χ1) is 20.0. The molecule has 4 aromatic carbocycles. The highest BCUT2D eigenvalue weighted by Crippen LogP contribution is 2.56. The highest BCUT2D eigenvalue weighted by atomic mass is 32.2. The molecule has 1 saturated carbocycles. The molecule has 0 amide bonds. The van der Waals surface area contributed by atoms with Crippen LogP contribution in [-0.2, 0) is 10.0 Å². The zero-order valence-corrected chi connectivity index (χ0v) is 25.0. The Balaban J connectivity index is 1.38. The van der Waals surface area contributed by atoms with Crippen molar-refractivity contribution in [1.82, 2.24) is 9.97 Å². The summed E-state index contributed by atoms with van der Waals surface area (Å²) in [4.78, 5) is 23.8. The first-order valence-electron chi connectivity index (χ1n) is 14.5. The molecule has 2 aliphatic rings. The van der Waals surface area contributed by atoms with Crippen LogP contribution in [-0.4, -0.2) is 36.0 Å². The average Bonchev–Trinajstić information content (AvgIpc) is 2.95. The van der Waals surface area contributed by atoms with Crippen molar-refractivity contribution < 1.29 is 17.9 Å². The number of hydrogen-bond acceptors (Lipinski definition) is 6. The summed E-state index contributed by atoms with van der Waals surface area (Å²) >= 11 is 0. The molecule has 214 valence electrons. The van der Waals surface area contributed by atoms with Gasteiger partial charge in [0, 0.05) is 39.1 Å². The van der Waals surface area contributed by atoms with Crippen molar-refractivity contribution in [2.75, 3.05) is 11.0 Å². The fourth-order valence-corrected chi connectivity index (χ4v) is 7.67. The zero-order chi connectivity index (χ0) is 29.4. The fourth-order valence-electron chi connectivity index (χ4n) is 7.11. The Morgan fingerprint density at radius 2 is 1.60 bits per heavy atom. The van der Waals surface area contributed by atoms with Crippen LogP contribution < -0.4 is 9.46 Å². The topological polar surface area (TPSA) is 98.2 Å². The summed E-state index contributed by atoms with van der Waals surface area (Å²) in [5, 5.41) is 2.04. The number of benzene rings is 4. The van der Waals surface area contributed by atoms with Gasteiger partial charge in [0.1, 0.15) is 11.4 Å². The van der Waals surface area contributed by atoms with E-state index < -0.39 is 10.0 Å². The van der Waals surface area contributed by atoms with Gasteiger partial charge >= 0.3 is 0 Å². The highest BCUT2D eigenvalue weighted by molar-refractivity contribution is 7.92. The maximum atomic E-state index is 13.4. The Kier molecular flexibility index (Phi) is 6.06. The van der Waals surface area contributed by atoms with E-state index >= 15 is 0 Å². The molecule has 5 aromatic rings. The van der Waals surface area contributed by atoms with Crippen LogP contribution in [0.15, 0.2) is 66.7 Å². The summed E-state index contributed by atoms with van der Waals surface area (Å²) in [7, 11) is -3.40. The molecule has 0 saturated heterocycles. The lowest BCUT2D eigenvalue weighted by molar-refractivity contribution is -0.0115. The number of nitrogens with zero attached hydrogens (tertiary/aromatic N) is 2. The van der Waals surface area contributed by atoms with Crippen molar-refractivity contribution >= 4 is 54.3 Å². The zero-order valence-electron chi connectivity index (χ0n) is 24.1. The summed E-state index contributed by atoms with van der Waals surface area (Å²) in [6, 6.07) is 20.1. The molecular weight excluding hydrogens is 546 g/mol. The number of carbonyl (C=O) groups is 1. The molecule has 2 heterocycles. The van der Waals surface area contributed by atoms with E-state index in [-0.39, 0.29) is 11.4 Å². The smallest absolute Gasteiger partial charge is 0.229 e. The lowest BCUT2D eigenvalue weighted by Crippen LogP contribution is -2.46. The van der Waals surface area contributed by atoms with Gasteiger partial charge < -0.3 is 4.74 Å². The number of rotatable bonds is 4. The Labute approximate surface area is 245 Å². The van der Waals surface area contributed by atoms with Gasteiger partial charge in [-0.2, -0.15) is 0 Å². The fraction of sp³-hybridized carbons (Fsp3) is 0.324. The second kappa shape index (κ2) is 9.49. The molecule has 7 rings (SSSR count). The molecule has 1 N–H and O–H groups in total. The molecule has 3 atom stereocenters. The van der Waals surface area contributed by atoms with Gasteiger partial charge in [-0.3, -0.25) is 9.52 Å². The van der Waals surface area contributed by atoms with Crippen LogP contribution in [0.1, 0.15) is 67.4 Å². The summed E-state index contributed by atoms with van der Waals surface area (Å²) in [6.45, 7) is 6.79. The lowest BCUT2D eigenvalue weighted by Gasteiger charge is -2.49. The maximum Gasteiger partial charge on any atom is 0.229 e. The number of carbonyl (C=O) groups excluding carboxylic acids is 1. The van der Waals surface area contributed by atoms with E-state index in [0.717, 1.165) is 52.2 Å². The van der Waals surface area contributed by atoms with Crippen LogP contribution in [0.5, 0.6) is 5.75 Å². The predicted octanol–water partition coefficient (Wildman–Crippen LogP) is 7.23. The van der Waals surface area contributed by atoms with Crippen molar-refractivity contribution in [2.45, 2.75) is 51.6 Å². The molecule has 1 aromatic heterocycles. The Hall–Kier alpha value is -4.04. The largest absolute Gasteiger partial charge is 0.487 e. The van der Waals surface area contributed by atoms with Crippen molar-refractivity contribution in [2.24, 2.45) is 11.8 Å². The van der Waals surface area contributed by atoms with E-state index in [2.05, 4.69) is 37.6 Å². The Morgan fingerprint density at radius 1 is 0.905 bits per heavy atom. The minimum Gasteiger partial charge on any atom is -0.487 e. The van der Waals surface area contributed by atoms with E-state index in [4.69, 9.17) is 14.7 Å². The molecular formula is C34H33N3O4S. The highest BCUT2D eigenvalue weighted by Gasteiger charge is 2.47. The molecule has 1 aliphatic carbocycles. The van der Waals surface area contributed by atoms with Gasteiger partial charge in [0.05, 0.1) is 28.3 Å². The van der Waals surface area contributed by atoms with Gasteiger partial charge in [-0.25, -0.2) is 18.4 Å². The number of nitrogens with one attached hydrogen (secondary N) is 1. The standard InChI is InChI=1S/C34H33N3O4S/c1-19-9-15-26-25(17-19)29-31-30(23-7-5-6-8-24(23)33(29)41-34(26,2)3)36-28-18-21(12-16-27(28)35-31)32(38)20-10-13-22(14-11-20)37-42(4,39)40/h5-8,10-14,16,18-19,25-26,37H,9,15,17H2,1-4H3/t19-,25-,26-/m0/s1. The number of fused-ring (bicyclic) bond motifs is 9. The van der Waals surface area contributed by atoms with E-state index in [1.807, 2.05) is 18.2 Å².